The molecule has 2 rings (SSSR count). The molecular weight excluding hydrogens is 274 g/mol. The van der Waals surface area contributed by atoms with Crippen molar-refractivity contribution in [1.82, 2.24) is 10.2 Å². The highest BCUT2D eigenvalue weighted by Gasteiger charge is 2.03. The first-order valence-corrected chi connectivity index (χ1v) is 6.09. The fourth-order valence-corrected chi connectivity index (χ4v) is 2.22. The summed E-state index contributed by atoms with van der Waals surface area (Å²) in [6, 6.07) is 6.27. The summed E-state index contributed by atoms with van der Waals surface area (Å²) in [5, 5.41) is 9.26. The predicted molar refractivity (Wildman–Crippen MR) is 66.0 cm³/mol. The van der Waals surface area contributed by atoms with Crippen LogP contribution in [0.2, 0.25) is 0 Å². The van der Waals surface area contributed by atoms with Crippen molar-refractivity contribution in [1.29, 1.82) is 0 Å². The molecular formula is C10H10BrN3S. The topological polar surface area (TPSA) is 51.8 Å². The second-order valence-electron chi connectivity index (χ2n) is 3.29. The van der Waals surface area contributed by atoms with E-state index in [0.717, 1.165) is 15.9 Å². The van der Waals surface area contributed by atoms with E-state index in [1.54, 1.807) is 0 Å². The van der Waals surface area contributed by atoms with Crippen LogP contribution in [0.25, 0.3) is 0 Å². The molecule has 0 amide bonds. The highest BCUT2D eigenvalue weighted by molar-refractivity contribution is 9.10. The first-order valence-electron chi connectivity index (χ1n) is 4.48. The van der Waals surface area contributed by atoms with Crippen LogP contribution in [0.15, 0.2) is 22.7 Å². The Balaban J connectivity index is 2.21. The van der Waals surface area contributed by atoms with E-state index in [1.165, 1.54) is 22.5 Å². The van der Waals surface area contributed by atoms with E-state index in [1.807, 2.05) is 0 Å². The molecule has 0 atom stereocenters. The van der Waals surface area contributed by atoms with Crippen molar-refractivity contribution >= 4 is 32.4 Å². The van der Waals surface area contributed by atoms with Crippen molar-refractivity contribution in [2.75, 3.05) is 5.73 Å². The number of benzene rings is 1. The molecule has 0 bridgehead atoms. The third-order valence-corrected chi connectivity index (χ3v) is 3.70. The second kappa shape index (κ2) is 4.28. The molecule has 0 aliphatic heterocycles. The van der Waals surface area contributed by atoms with Gasteiger partial charge >= 0.3 is 0 Å². The monoisotopic (exact) mass is 283 g/mol. The molecule has 0 saturated carbocycles. The Kier molecular flexibility index (Phi) is 3.02. The fourth-order valence-electron chi connectivity index (χ4n) is 1.33. The molecule has 0 aliphatic carbocycles. The minimum atomic E-state index is 0.527. The quantitative estimate of drug-likeness (QED) is 0.922. The number of nitrogens with zero attached hydrogens (tertiary/aromatic N) is 2. The van der Waals surface area contributed by atoms with Gasteiger partial charge in [0, 0.05) is 10.9 Å². The van der Waals surface area contributed by atoms with E-state index in [4.69, 9.17) is 5.73 Å². The zero-order valence-corrected chi connectivity index (χ0v) is 10.6. The van der Waals surface area contributed by atoms with Gasteiger partial charge in [-0.15, -0.1) is 10.2 Å². The van der Waals surface area contributed by atoms with E-state index < -0.39 is 0 Å². The number of anilines is 1. The molecule has 0 fully saturated rings. The largest absolute Gasteiger partial charge is 0.374 e. The maximum absolute atomic E-state index is 5.52. The maximum atomic E-state index is 5.52. The number of hydrogen-bond acceptors (Lipinski definition) is 4. The van der Waals surface area contributed by atoms with Gasteiger partial charge in [-0.3, -0.25) is 0 Å². The first-order chi connectivity index (χ1) is 7.15. The lowest BCUT2D eigenvalue weighted by molar-refractivity contribution is 1.01. The SMILES string of the molecule is Cc1cc(Cc2nnc(N)s2)ccc1Br. The van der Waals surface area contributed by atoms with Crippen LogP contribution in [0.5, 0.6) is 0 Å². The Morgan fingerprint density at radius 2 is 2.20 bits per heavy atom. The van der Waals surface area contributed by atoms with Gasteiger partial charge in [0.05, 0.1) is 0 Å². The molecule has 5 heteroatoms. The lowest BCUT2D eigenvalue weighted by atomic mass is 10.1. The average molecular weight is 284 g/mol. The summed E-state index contributed by atoms with van der Waals surface area (Å²) in [5.41, 5.74) is 7.98. The molecule has 15 heavy (non-hydrogen) atoms. The van der Waals surface area contributed by atoms with Crippen LogP contribution in [-0.2, 0) is 6.42 Å². The Morgan fingerprint density at radius 1 is 1.40 bits per heavy atom. The summed E-state index contributed by atoms with van der Waals surface area (Å²) in [7, 11) is 0. The van der Waals surface area contributed by atoms with Crippen molar-refractivity contribution in [3.8, 4) is 0 Å². The van der Waals surface area contributed by atoms with Crippen molar-refractivity contribution in [2.45, 2.75) is 13.3 Å². The lowest BCUT2D eigenvalue weighted by Crippen LogP contribution is -1.88. The van der Waals surface area contributed by atoms with Gasteiger partial charge in [0.25, 0.3) is 0 Å². The smallest absolute Gasteiger partial charge is 0.203 e. The van der Waals surface area contributed by atoms with Crippen molar-refractivity contribution in [2.24, 2.45) is 0 Å². The number of nitrogen functional groups attached to an aromatic ring is 1. The van der Waals surface area contributed by atoms with Gasteiger partial charge in [0.15, 0.2) is 0 Å². The molecule has 0 saturated heterocycles. The van der Waals surface area contributed by atoms with Crippen molar-refractivity contribution in [3.05, 3.63) is 38.8 Å². The zero-order chi connectivity index (χ0) is 10.8. The molecule has 0 spiro atoms. The Bertz CT molecular complexity index is 481. The highest BCUT2D eigenvalue weighted by Crippen LogP contribution is 2.20. The van der Waals surface area contributed by atoms with E-state index >= 15 is 0 Å². The van der Waals surface area contributed by atoms with Crippen LogP contribution in [0.1, 0.15) is 16.1 Å². The molecule has 0 aliphatic rings. The third kappa shape index (κ3) is 2.54. The number of aromatic nitrogens is 2. The van der Waals surface area contributed by atoms with E-state index in [-0.39, 0.29) is 0 Å². The molecule has 1 heterocycles. The standard InChI is InChI=1S/C10H10BrN3S/c1-6-4-7(2-3-8(6)11)5-9-13-14-10(12)15-9/h2-4H,5H2,1H3,(H2,12,14). The van der Waals surface area contributed by atoms with Gasteiger partial charge < -0.3 is 5.73 Å². The number of rotatable bonds is 2. The van der Waals surface area contributed by atoms with Crippen molar-refractivity contribution in [3.63, 3.8) is 0 Å². The number of halogens is 1. The molecule has 0 unspecified atom stereocenters. The Hall–Kier alpha value is -0.940. The van der Waals surface area contributed by atoms with Crippen LogP contribution in [0.4, 0.5) is 5.13 Å². The van der Waals surface area contributed by atoms with Crippen LogP contribution >= 0.6 is 27.3 Å². The Labute approximate surface area is 100 Å². The molecule has 1 aromatic carbocycles. The fraction of sp³-hybridized carbons (Fsp3) is 0.200. The number of nitrogens with two attached hydrogens (primary N) is 1. The van der Waals surface area contributed by atoms with Crippen LogP contribution in [-0.4, -0.2) is 10.2 Å². The van der Waals surface area contributed by atoms with Crippen LogP contribution < -0.4 is 5.73 Å². The molecule has 3 nitrogen and oxygen atoms in total. The first kappa shape index (κ1) is 10.6. The van der Waals surface area contributed by atoms with Crippen molar-refractivity contribution < 1.29 is 0 Å². The van der Waals surface area contributed by atoms with Crippen LogP contribution in [0.3, 0.4) is 0 Å². The van der Waals surface area contributed by atoms with Gasteiger partial charge in [-0.2, -0.15) is 0 Å². The summed E-state index contributed by atoms with van der Waals surface area (Å²) in [6.45, 7) is 2.07. The molecule has 78 valence electrons. The van der Waals surface area contributed by atoms with Gasteiger partial charge in [-0.1, -0.05) is 39.4 Å². The van der Waals surface area contributed by atoms with Gasteiger partial charge in [-0.25, -0.2) is 0 Å². The molecule has 2 N–H and O–H groups in total. The summed E-state index contributed by atoms with van der Waals surface area (Å²) in [6.07, 6.45) is 0.795. The zero-order valence-electron chi connectivity index (χ0n) is 8.20. The van der Waals surface area contributed by atoms with Gasteiger partial charge in [0.1, 0.15) is 5.01 Å². The number of aryl methyl sites for hydroxylation is 1. The van der Waals surface area contributed by atoms with Gasteiger partial charge in [0.2, 0.25) is 5.13 Å². The molecule has 2 aromatic rings. The summed E-state index contributed by atoms with van der Waals surface area (Å²) in [5.74, 6) is 0. The van der Waals surface area contributed by atoms with Crippen LogP contribution in [0, 0.1) is 6.92 Å². The molecule has 0 radical (unpaired) electrons. The van der Waals surface area contributed by atoms with E-state index in [2.05, 4.69) is 51.3 Å². The number of hydrogen-bond donors (Lipinski definition) is 1. The average Bonchev–Trinajstić information content (AvgIpc) is 2.58. The predicted octanol–water partition coefficient (Wildman–Crippen LogP) is 2.78. The third-order valence-electron chi connectivity index (χ3n) is 2.06. The van der Waals surface area contributed by atoms with E-state index in [9.17, 15) is 0 Å². The normalized spacial score (nSPS) is 10.5. The highest BCUT2D eigenvalue weighted by atomic mass is 79.9. The lowest BCUT2D eigenvalue weighted by Gasteiger charge is -2.01. The van der Waals surface area contributed by atoms with Gasteiger partial charge in [-0.05, 0) is 24.1 Å². The second-order valence-corrected chi connectivity index (χ2v) is 5.24. The summed E-state index contributed by atoms with van der Waals surface area (Å²) < 4.78 is 1.13. The van der Waals surface area contributed by atoms with E-state index in [0.29, 0.717) is 5.13 Å². The Morgan fingerprint density at radius 3 is 2.80 bits per heavy atom. The molecule has 1 aromatic heterocycles. The minimum Gasteiger partial charge on any atom is -0.374 e. The summed E-state index contributed by atoms with van der Waals surface area (Å²) in [4.78, 5) is 0. The maximum Gasteiger partial charge on any atom is 0.203 e. The minimum absolute atomic E-state index is 0.527. The summed E-state index contributed by atoms with van der Waals surface area (Å²) >= 11 is 4.91.